The van der Waals surface area contributed by atoms with Crippen LogP contribution in [0.4, 0.5) is 16.3 Å². The third-order valence-electron chi connectivity index (χ3n) is 6.57. The molecule has 2 atom stereocenters. The van der Waals surface area contributed by atoms with Gasteiger partial charge in [-0.25, -0.2) is 9.78 Å². The first-order valence-corrected chi connectivity index (χ1v) is 12.1. The molecule has 36 heavy (non-hydrogen) atoms. The van der Waals surface area contributed by atoms with Crippen molar-refractivity contribution in [3.05, 3.63) is 53.7 Å². The molecule has 1 aliphatic heterocycles. The van der Waals surface area contributed by atoms with Gasteiger partial charge in [-0.05, 0) is 37.3 Å². The third-order valence-corrected chi connectivity index (χ3v) is 6.57. The van der Waals surface area contributed by atoms with Crippen LogP contribution in [-0.4, -0.2) is 62.8 Å². The summed E-state index contributed by atoms with van der Waals surface area (Å²) in [7, 11) is 0. The first-order valence-electron chi connectivity index (χ1n) is 12.1. The van der Waals surface area contributed by atoms with E-state index >= 15 is 0 Å². The summed E-state index contributed by atoms with van der Waals surface area (Å²) in [6.07, 6.45) is 1.93. The molecule has 4 rings (SSSR count). The Kier molecular flexibility index (Phi) is 7.23. The van der Waals surface area contributed by atoms with Crippen LogP contribution in [0.1, 0.15) is 56.7 Å². The van der Waals surface area contributed by atoms with Crippen molar-refractivity contribution in [1.29, 1.82) is 0 Å². The molecule has 1 aromatic carbocycles. The van der Waals surface area contributed by atoms with Crippen LogP contribution in [0.25, 0.3) is 0 Å². The summed E-state index contributed by atoms with van der Waals surface area (Å²) in [6.45, 7) is 6.08. The number of hydrogen-bond donors (Lipinski definition) is 3. The number of carbonyl (C=O) groups is 4. The Morgan fingerprint density at radius 3 is 2.33 bits per heavy atom. The van der Waals surface area contributed by atoms with Gasteiger partial charge < -0.3 is 20.2 Å². The van der Waals surface area contributed by atoms with Gasteiger partial charge in [0, 0.05) is 30.6 Å². The second kappa shape index (κ2) is 10.3. The monoisotopic (exact) mass is 493 g/mol. The van der Waals surface area contributed by atoms with Gasteiger partial charge in [0.15, 0.2) is 0 Å². The minimum atomic E-state index is -1.22. The van der Waals surface area contributed by atoms with E-state index in [2.05, 4.69) is 15.6 Å². The number of carboxylic acid groups (broad SMARTS) is 1. The van der Waals surface area contributed by atoms with Crippen LogP contribution in [0.15, 0.2) is 42.6 Å². The number of amides is 4. The molecule has 0 radical (unpaired) electrons. The number of anilines is 2. The molecule has 190 valence electrons. The number of pyridine rings is 1. The fraction of sp³-hybridized carbons (Fsp3) is 0.423. The SMILES string of the molecule is CC(C)C(=O)N1C[C@H](c2ccccc2)N(C(=O)C(=O)Nc2cnc(NC(=O)O)c(C3CC3)c2)C[C@H]1C. The summed E-state index contributed by atoms with van der Waals surface area (Å²) in [5.74, 6) is -1.28. The number of aromatic nitrogens is 1. The fourth-order valence-electron chi connectivity index (χ4n) is 4.58. The second-order valence-electron chi connectivity index (χ2n) is 9.70. The second-order valence-corrected chi connectivity index (χ2v) is 9.70. The molecule has 0 unspecified atom stereocenters. The maximum absolute atomic E-state index is 13.4. The molecule has 10 heteroatoms. The molecule has 2 heterocycles. The fourth-order valence-corrected chi connectivity index (χ4v) is 4.58. The summed E-state index contributed by atoms with van der Waals surface area (Å²) in [5, 5.41) is 14.0. The molecule has 4 amide bonds. The van der Waals surface area contributed by atoms with Crippen LogP contribution in [-0.2, 0) is 14.4 Å². The van der Waals surface area contributed by atoms with Gasteiger partial charge in [-0.1, -0.05) is 44.2 Å². The minimum absolute atomic E-state index is 0.00808. The van der Waals surface area contributed by atoms with Gasteiger partial charge >= 0.3 is 17.9 Å². The van der Waals surface area contributed by atoms with Crippen molar-refractivity contribution < 1.29 is 24.3 Å². The van der Waals surface area contributed by atoms with Crippen LogP contribution in [0, 0.1) is 5.92 Å². The standard InChI is InChI=1S/C26H31N5O5/c1-15(2)24(33)30-14-21(18-7-5-4-6-8-18)31(13-16(30)3)25(34)23(32)28-19-11-20(17-9-10-17)22(27-12-19)29-26(35)36/h4-8,11-12,15-17,21H,9-10,13-14H2,1-3H3,(H,27,29)(H,28,32)(H,35,36)/t16-,21-/m1/s1. The zero-order valence-corrected chi connectivity index (χ0v) is 20.6. The molecule has 2 aromatic rings. The van der Waals surface area contributed by atoms with Gasteiger partial charge in [-0.2, -0.15) is 0 Å². The largest absolute Gasteiger partial charge is 0.465 e. The van der Waals surface area contributed by atoms with Gasteiger partial charge in [-0.3, -0.25) is 19.7 Å². The molecule has 1 aromatic heterocycles. The maximum Gasteiger partial charge on any atom is 0.410 e. The summed E-state index contributed by atoms with van der Waals surface area (Å²) >= 11 is 0. The lowest BCUT2D eigenvalue weighted by molar-refractivity contribution is -0.152. The van der Waals surface area contributed by atoms with Crippen LogP contribution in [0.2, 0.25) is 0 Å². The first-order chi connectivity index (χ1) is 17.2. The van der Waals surface area contributed by atoms with E-state index in [0.717, 1.165) is 18.4 Å². The zero-order valence-electron chi connectivity index (χ0n) is 20.6. The van der Waals surface area contributed by atoms with Crippen molar-refractivity contribution in [1.82, 2.24) is 14.8 Å². The van der Waals surface area contributed by atoms with E-state index in [1.165, 1.54) is 11.1 Å². The normalized spacial score (nSPS) is 19.7. The van der Waals surface area contributed by atoms with Gasteiger partial charge in [0.2, 0.25) is 5.91 Å². The predicted molar refractivity (Wildman–Crippen MR) is 133 cm³/mol. The molecule has 1 aliphatic carbocycles. The van der Waals surface area contributed by atoms with Crippen molar-refractivity contribution in [2.45, 2.75) is 51.6 Å². The molecule has 0 bridgehead atoms. The average molecular weight is 494 g/mol. The maximum atomic E-state index is 13.4. The van der Waals surface area contributed by atoms with E-state index < -0.39 is 23.9 Å². The predicted octanol–water partition coefficient (Wildman–Crippen LogP) is 3.44. The highest BCUT2D eigenvalue weighted by atomic mass is 16.4. The Balaban J connectivity index is 1.55. The van der Waals surface area contributed by atoms with Crippen LogP contribution in [0.3, 0.4) is 0 Å². The molecular formula is C26H31N5O5. The Hall–Kier alpha value is -3.95. The van der Waals surface area contributed by atoms with Crippen LogP contribution in [0.5, 0.6) is 0 Å². The highest BCUT2D eigenvalue weighted by Crippen LogP contribution is 2.43. The summed E-state index contributed by atoms with van der Waals surface area (Å²) < 4.78 is 0. The van der Waals surface area contributed by atoms with Crippen molar-refractivity contribution in [2.24, 2.45) is 5.92 Å². The molecular weight excluding hydrogens is 462 g/mol. The summed E-state index contributed by atoms with van der Waals surface area (Å²) in [5.41, 5.74) is 1.86. The van der Waals surface area contributed by atoms with Gasteiger partial charge in [0.1, 0.15) is 5.82 Å². The summed E-state index contributed by atoms with van der Waals surface area (Å²) in [6, 6.07) is 10.3. The van der Waals surface area contributed by atoms with Gasteiger partial charge in [-0.15, -0.1) is 0 Å². The molecule has 2 fully saturated rings. The van der Waals surface area contributed by atoms with Crippen molar-refractivity contribution >= 4 is 35.3 Å². The van der Waals surface area contributed by atoms with E-state index in [-0.39, 0.29) is 36.1 Å². The highest BCUT2D eigenvalue weighted by Gasteiger charge is 2.40. The first kappa shape index (κ1) is 25.2. The number of piperazine rings is 1. The molecule has 1 saturated carbocycles. The molecule has 0 spiro atoms. The molecule has 3 N–H and O–H groups in total. The number of benzene rings is 1. The Morgan fingerprint density at radius 1 is 1.03 bits per heavy atom. The number of carbonyl (C=O) groups excluding carboxylic acids is 3. The highest BCUT2D eigenvalue weighted by molar-refractivity contribution is 6.39. The minimum Gasteiger partial charge on any atom is -0.465 e. The van der Waals surface area contributed by atoms with Crippen molar-refractivity contribution in [3.8, 4) is 0 Å². The topological polar surface area (TPSA) is 132 Å². The quantitative estimate of drug-likeness (QED) is 0.547. The molecule has 10 nitrogen and oxygen atoms in total. The number of nitrogens with zero attached hydrogens (tertiary/aromatic N) is 3. The smallest absolute Gasteiger partial charge is 0.410 e. The van der Waals surface area contributed by atoms with Gasteiger partial charge in [0.05, 0.1) is 17.9 Å². The van der Waals surface area contributed by atoms with Crippen molar-refractivity contribution in [3.63, 3.8) is 0 Å². The third kappa shape index (κ3) is 5.48. The number of rotatable bonds is 5. The molecule has 1 saturated heterocycles. The Labute approximate surface area is 209 Å². The summed E-state index contributed by atoms with van der Waals surface area (Å²) in [4.78, 5) is 57.8. The van der Waals surface area contributed by atoms with E-state index in [0.29, 0.717) is 17.8 Å². The van der Waals surface area contributed by atoms with E-state index in [1.54, 1.807) is 11.0 Å². The molecule has 2 aliphatic rings. The number of nitrogens with one attached hydrogen (secondary N) is 2. The average Bonchev–Trinajstić information content (AvgIpc) is 3.69. The zero-order chi connectivity index (χ0) is 26.0. The van der Waals surface area contributed by atoms with E-state index in [4.69, 9.17) is 5.11 Å². The lowest BCUT2D eigenvalue weighted by atomic mass is 9.98. The Morgan fingerprint density at radius 2 is 1.72 bits per heavy atom. The van der Waals surface area contributed by atoms with E-state index in [1.807, 2.05) is 51.1 Å². The van der Waals surface area contributed by atoms with Crippen LogP contribution < -0.4 is 10.6 Å². The van der Waals surface area contributed by atoms with E-state index in [9.17, 15) is 19.2 Å². The van der Waals surface area contributed by atoms with Crippen LogP contribution >= 0.6 is 0 Å². The Bertz CT molecular complexity index is 1160. The van der Waals surface area contributed by atoms with Gasteiger partial charge in [0.25, 0.3) is 0 Å². The lowest BCUT2D eigenvalue weighted by Crippen LogP contribution is -2.59. The lowest BCUT2D eigenvalue weighted by Gasteiger charge is -2.45. The van der Waals surface area contributed by atoms with Crippen molar-refractivity contribution in [2.75, 3.05) is 23.7 Å². The number of hydrogen-bond acceptors (Lipinski definition) is 5.